The second-order valence-corrected chi connectivity index (χ2v) is 5.40. The first-order valence-electron chi connectivity index (χ1n) is 7.32. The zero-order chi connectivity index (χ0) is 14.8. The number of carboxylic acid groups (broad SMARTS) is 1. The summed E-state index contributed by atoms with van der Waals surface area (Å²) in [4.78, 5) is 16.1. The van der Waals surface area contributed by atoms with Crippen LogP contribution in [0.4, 0.5) is 0 Å². The molecular weight excluding hydrogens is 268 g/mol. The molecule has 0 amide bonds. The van der Waals surface area contributed by atoms with Crippen molar-refractivity contribution in [2.75, 3.05) is 32.7 Å². The van der Waals surface area contributed by atoms with Gasteiger partial charge in [0.25, 0.3) is 0 Å². The normalized spacial score (nSPS) is 17.4. The minimum Gasteiger partial charge on any atom is -0.478 e. The van der Waals surface area contributed by atoms with Crippen LogP contribution in [0.5, 0.6) is 0 Å². The molecule has 21 heavy (non-hydrogen) atoms. The maximum atomic E-state index is 11.3. The van der Waals surface area contributed by atoms with Crippen LogP contribution < -0.4 is 0 Å². The molecule has 0 bridgehead atoms. The van der Waals surface area contributed by atoms with E-state index in [0.717, 1.165) is 44.8 Å². The van der Waals surface area contributed by atoms with E-state index in [-0.39, 0.29) is 5.56 Å². The molecule has 0 unspecified atom stereocenters. The van der Waals surface area contributed by atoms with Crippen LogP contribution >= 0.6 is 0 Å². The topological polar surface area (TPSA) is 61.1 Å². The number of hydrogen-bond acceptors (Lipinski definition) is 4. The predicted molar refractivity (Wildman–Crippen MR) is 79.5 cm³/mol. The van der Waals surface area contributed by atoms with Gasteiger partial charge in [-0.05, 0) is 18.2 Å². The average molecular weight is 288 g/mol. The summed E-state index contributed by atoms with van der Waals surface area (Å²) >= 11 is 0. The van der Waals surface area contributed by atoms with Crippen molar-refractivity contribution in [1.82, 2.24) is 19.4 Å². The van der Waals surface area contributed by atoms with Crippen LogP contribution in [0.15, 0.2) is 24.5 Å². The fraction of sp³-hybridized carbons (Fsp3) is 0.467. The minimum absolute atomic E-state index is 0.276. The zero-order valence-corrected chi connectivity index (χ0v) is 12.2. The molecule has 1 aliphatic heterocycles. The van der Waals surface area contributed by atoms with Crippen molar-refractivity contribution in [1.29, 1.82) is 0 Å². The van der Waals surface area contributed by atoms with Gasteiger partial charge in [0.05, 0.1) is 11.7 Å². The molecule has 0 aromatic carbocycles. The number of carboxylic acids is 1. The Balaban J connectivity index is 1.84. The second kappa shape index (κ2) is 5.83. The highest BCUT2D eigenvalue weighted by atomic mass is 16.4. The van der Waals surface area contributed by atoms with Gasteiger partial charge in [0.15, 0.2) is 0 Å². The Morgan fingerprint density at radius 1 is 1.29 bits per heavy atom. The number of aromatic carboxylic acids is 1. The molecule has 1 N–H and O–H groups in total. The molecule has 112 valence electrons. The fourth-order valence-corrected chi connectivity index (χ4v) is 2.90. The molecule has 2 aromatic heterocycles. The molecule has 1 saturated heterocycles. The van der Waals surface area contributed by atoms with Gasteiger partial charge in [-0.1, -0.05) is 13.0 Å². The van der Waals surface area contributed by atoms with E-state index in [1.165, 1.54) is 6.20 Å². The number of carbonyl (C=O) groups is 1. The summed E-state index contributed by atoms with van der Waals surface area (Å²) in [6, 6.07) is 3.92. The molecule has 3 heterocycles. The van der Waals surface area contributed by atoms with Crippen LogP contribution in [0.1, 0.15) is 22.8 Å². The number of aromatic nitrogens is 2. The Kier molecular flexibility index (Phi) is 3.90. The summed E-state index contributed by atoms with van der Waals surface area (Å²) in [6.45, 7) is 8.23. The molecule has 6 nitrogen and oxygen atoms in total. The number of rotatable bonds is 4. The van der Waals surface area contributed by atoms with E-state index < -0.39 is 5.97 Å². The van der Waals surface area contributed by atoms with Crippen molar-refractivity contribution in [2.24, 2.45) is 0 Å². The highest BCUT2D eigenvalue weighted by Crippen LogP contribution is 2.18. The van der Waals surface area contributed by atoms with Gasteiger partial charge in [0.2, 0.25) is 0 Å². The van der Waals surface area contributed by atoms with Crippen molar-refractivity contribution in [3.05, 3.63) is 35.7 Å². The molecule has 1 aliphatic rings. The van der Waals surface area contributed by atoms with Crippen LogP contribution in [0, 0.1) is 0 Å². The summed E-state index contributed by atoms with van der Waals surface area (Å²) in [6.07, 6.45) is 3.22. The van der Waals surface area contributed by atoms with Crippen molar-refractivity contribution in [2.45, 2.75) is 13.5 Å². The van der Waals surface area contributed by atoms with Crippen LogP contribution in [-0.4, -0.2) is 63.2 Å². The number of hydrogen-bond donors (Lipinski definition) is 1. The lowest BCUT2D eigenvalue weighted by Crippen LogP contribution is -2.45. The Hall–Kier alpha value is -1.92. The molecule has 0 aliphatic carbocycles. The Labute approximate surface area is 123 Å². The third-order valence-corrected chi connectivity index (χ3v) is 4.16. The van der Waals surface area contributed by atoms with Gasteiger partial charge in [-0.2, -0.15) is 5.10 Å². The number of piperazine rings is 1. The van der Waals surface area contributed by atoms with E-state index in [4.69, 9.17) is 0 Å². The third kappa shape index (κ3) is 2.77. The molecule has 0 saturated carbocycles. The molecular formula is C15H20N4O2. The summed E-state index contributed by atoms with van der Waals surface area (Å²) in [5.74, 6) is -0.923. The summed E-state index contributed by atoms with van der Waals surface area (Å²) in [7, 11) is 0. The van der Waals surface area contributed by atoms with E-state index >= 15 is 0 Å². The molecule has 2 aromatic rings. The number of nitrogens with zero attached hydrogens (tertiary/aromatic N) is 4. The number of likely N-dealkylation sites (N-methyl/N-ethyl adjacent to an activating group) is 1. The first-order chi connectivity index (χ1) is 10.2. The van der Waals surface area contributed by atoms with Crippen molar-refractivity contribution < 1.29 is 9.90 Å². The van der Waals surface area contributed by atoms with Crippen molar-refractivity contribution in [3.63, 3.8) is 0 Å². The maximum absolute atomic E-state index is 11.3. The molecule has 6 heteroatoms. The maximum Gasteiger partial charge on any atom is 0.339 e. The molecule has 1 fully saturated rings. The van der Waals surface area contributed by atoms with Crippen LogP contribution in [-0.2, 0) is 6.54 Å². The van der Waals surface area contributed by atoms with Gasteiger partial charge in [0, 0.05) is 38.9 Å². The molecule has 0 spiro atoms. The zero-order valence-electron chi connectivity index (χ0n) is 12.2. The summed E-state index contributed by atoms with van der Waals surface area (Å²) in [5.41, 5.74) is 2.01. The van der Waals surface area contributed by atoms with Gasteiger partial charge in [-0.15, -0.1) is 0 Å². The largest absolute Gasteiger partial charge is 0.478 e. The van der Waals surface area contributed by atoms with Crippen LogP contribution in [0.25, 0.3) is 5.52 Å². The minimum atomic E-state index is -0.923. The number of pyridine rings is 1. The summed E-state index contributed by atoms with van der Waals surface area (Å²) in [5, 5.41) is 13.4. The van der Waals surface area contributed by atoms with Gasteiger partial charge >= 0.3 is 5.97 Å². The van der Waals surface area contributed by atoms with E-state index in [9.17, 15) is 9.90 Å². The third-order valence-electron chi connectivity index (χ3n) is 4.16. The van der Waals surface area contributed by atoms with E-state index in [1.807, 2.05) is 12.1 Å². The highest BCUT2D eigenvalue weighted by Gasteiger charge is 2.19. The standard InChI is InChI=1S/C15H20N4O2/c1-2-17-6-8-18(9-7-17)11-12-4-3-5-19-14(12)13(10-16-19)15(20)21/h3-5,10H,2,6-9,11H2,1H3,(H,20,21). The SMILES string of the molecule is CCN1CCN(Cc2cccn3ncc(C(=O)O)c23)CC1. The van der Waals surface area contributed by atoms with Gasteiger partial charge in [0.1, 0.15) is 5.56 Å². The van der Waals surface area contributed by atoms with E-state index in [1.54, 1.807) is 10.7 Å². The Morgan fingerprint density at radius 3 is 2.67 bits per heavy atom. The predicted octanol–water partition coefficient (Wildman–Crippen LogP) is 1.17. The van der Waals surface area contributed by atoms with Gasteiger partial charge in [-0.3, -0.25) is 4.90 Å². The van der Waals surface area contributed by atoms with Crippen molar-refractivity contribution in [3.8, 4) is 0 Å². The van der Waals surface area contributed by atoms with Gasteiger partial charge in [-0.25, -0.2) is 9.31 Å². The smallest absolute Gasteiger partial charge is 0.339 e. The highest BCUT2D eigenvalue weighted by molar-refractivity contribution is 5.96. The lowest BCUT2D eigenvalue weighted by atomic mass is 10.1. The number of fused-ring (bicyclic) bond motifs is 1. The molecule has 0 atom stereocenters. The monoisotopic (exact) mass is 288 g/mol. The Bertz CT molecular complexity index is 644. The average Bonchev–Trinajstić information content (AvgIpc) is 2.93. The van der Waals surface area contributed by atoms with E-state index in [2.05, 4.69) is 21.8 Å². The fourth-order valence-electron chi connectivity index (χ4n) is 2.90. The lowest BCUT2D eigenvalue weighted by Gasteiger charge is -2.34. The second-order valence-electron chi connectivity index (χ2n) is 5.40. The first kappa shape index (κ1) is 14.0. The lowest BCUT2D eigenvalue weighted by molar-refractivity contribution is 0.0699. The van der Waals surface area contributed by atoms with Gasteiger partial charge < -0.3 is 10.0 Å². The quantitative estimate of drug-likeness (QED) is 0.915. The van der Waals surface area contributed by atoms with Crippen molar-refractivity contribution >= 4 is 11.5 Å². The summed E-state index contributed by atoms with van der Waals surface area (Å²) < 4.78 is 1.65. The van der Waals surface area contributed by atoms with E-state index in [0.29, 0.717) is 5.52 Å². The molecule has 3 rings (SSSR count). The first-order valence-corrected chi connectivity index (χ1v) is 7.32. The van der Waals surface area contributed by atoms with Crippen LogP contribution in [0.2, 0.25) is 0 Å². The Morgan fingerprint density at radius 2 is 2.00 bits per heavy atom. The van der Waals surface area contributed by atoms with Crippen LogP contribution in [0.3, 0.4) is 0 Å². The molecule has 0 radical (unpaired) electrons.